The van der Waals surface area contributed by atoms with Gasteiger partial charge in [-0.3, -0.25) is 14.4 Å². The van der Waals surface area contributed by atoms with E-state index in [0.29, 0.717) is 34.9 Å². The quantitative estimate of drug-likeness (QED) is 0.647. The van der Waals surface area contributed by atoms with Crippen LogP contribution in [-0.4, -0.2) is 29.1 Å². The largest absolute Gasteiger partial charge is 0.457 e. The number of aromatic amines is 1. The highest BCUT2D eigenvalue weighted by atomic mass is 16.5. The number of hydrogen-bond donors (Lipinski definition) is 1. The SMILES string of the molecule is CC(=O)c1c(C)[nH]c(C(=O)COC(=O)CC2CCCC2)c1C. The van der Waals surface area contributed by atoms with Crippen LogP contribution in [-0.2, 0) is 9.53 Å². The van der Waals surface area contributed by atoms with Crippen molar-refractivity contribution in [2.24, 2.45) is 5.92 Å². The van der Waals surface area contributed by atoms with Crippen molar-refractivity contribution >= 4 is 17.5 Å². The topological polar surface area (TPSA) is 76.2 Å². The summed E-state index contributed by atoms with van der Waals surface area (Å²) in [5.41, 5.74) is 2.20. The molecule has 0 radical (unpaired) electrons. The van der Waals surface area contributed by atoms with E-state index in [1.807, 2.05) is 0 Å². The summed E-state index contributed by atoms with van der Waals surface area (Å²) in [7, 11) is 0. The number of carbonyl (C=O) groups is 3. The molecule has 0 unspecified atom stereocenters. The number of aryl methyl sites for hydroxylation is 1. The first-order valence-corrected chi connectivity index (χ1v) is 7.79. The molecule has 22 heavy (non-hydrogen) atoms. The number of nitrogens with one attached hydrogen (secondary N) is 1. The summed E-state index contributed by atoms with van der Waals surface area (Å²) in [5.74, 6) is -0.286. The van der Waals surface area contributed by atoms with Gasteiger partial charge >= 0.3 is 5.97 Å². The van der Waals surface area contributed by atoms with Gasteiger partial charge in [-0.15, -0.1) is 0 Å². The Bertz CT molecular complexity index is 594. The van der Waals surface area contributed by atoms with Gasteiger partial charge in [0.25, 0.3) is 0 Å². The van der Waals surface area contributed by atoms with Crippen LogP contribution in [0.4, 0.5) is 0 Å². The van der Waals surface area contributed by atoms with Crippen LogP contribution < -0.4 is 0 Å². The van der Waals surface area contributed by atoms with Crippen LogP contribution in [0.2, 0.25) is 0 Å². The lowest BCUT2D eigenvalue weighted by Crippen LogP contribution is -2.17. The molecular weight excluding hydrogens is 282 g/mol. The van der Waals surface area contributed by atoms with E-state index in [1.165, 1.54) is 19.8 Å². The van der Waals surface area contributed by atoms with E-state index in [0.717, 1.165) is 12.8 Å². The van der Waals surface area contributed by atoms with Gasteiger partial charge in [0.2, 0.25) is 5.78 Å². The van der Waals surface area contributed by atoms with E-state index in [9.17, 15) is 14.4 Å². The molecule has 5 heteroatoms. The number of esters is 1. The summed E-state index contributed by atoms with van der Waals surface area (Å²) < 4.78 is 5.09. The Morgan fingerprint density at radius 1 is 1.18 bits per heavy atom. The molecule has 1 saturated carbocycles. The van der Waals surface area contributed by atoms with Gasteiger partial charge < -0.3 is 9.72 Å². The van der Waals surface area contributed by atoms with E-state index < -0.39 is 0 Å². The van der Waals surface area contributed by atoms with Crippen LogP contribution in [0.5, 0.6) is 0 Å². The van der Waals surface area contributed by atoms with Crippen LogP contribution in [0.1, 0.15) is 71.1 Å². The minimum atomic E-state index is -0.312. The Morgan fingerprint density at radius 2 is 1.82 bits per heavy atom. The summed E-state index contributed by atoms with van der Waals surface area (Å²) in [6, 6.07) is 0. The number of ketones is 2. The molecule has 5 nitrogen and oxygen atoms in total. The number of rotatable bonds is 6. The Kier molecular flexibility index (Phi) is 5.16. The summed E-state index contributed by atoms with van der Waals surface area (Å²) in [5, 5.41) is 0. The summed E-state index contributed by atoms with van der Waals surface area (Å²) in [6.07, 6.45) is 4.88. The molecule has 0 amide bonds. The smallest absolute Gasteiger partial charge is 0.306 e. The molecule has 0 atom stereocenters. The molecule has 2 rings (SSSR count). The Morgan fingerprint density at radius 3 is 2.36 bits per heavy atom. The monoisotopic (exact) mass is 305 g/mol. The van der Waals surface area contributed by atoms with Gasteiger partial charge in [-0.2, -0.15) is 0 Å². The number of H-pyrrole nitrogens is 1. The van der Waals surface area contributed by atoms with E-state index in [1.54, 1.807) is 13.8 Å². The Balaban J connectivity index is 1.93. The predicted molar refractivity (Wildman–Crippen MR) is 82.1 cm³/mol. The second-order valence-corrected chi connectivity index (χ2v) is 6.12. The third-order valence-corrected chi connectivity index (χ3v) is 4.36. The summed E-state index contributed by atoms with van der Waals surface area (Å²) in [6.45, 7) is 4.68. The number of aromatic nitrogens is 1. The summed E-state index contributed by atoms with van der Waals surface area (Å²) >= 11 is 0. The fourth-order valence-electron chi connectivity index (χ4n) is 3.28. The second-order valence-electron chi connectivity index (χ2n) is 6.12. The lowest BCUT2D eigenvalue weighted by atomic mass is 10.0. The molecule has 0 aromatic carbocycles. The molecule has 1 fully saturated rings. The minimum absolute atomic E-state index is 0.0801. The fourth-order valence-corrected chi connectivity index (χ4v) is 3.28. The highest BCUT2D eigenvalue weighted by Gasteiger charge is 2.22. The van der Waals surface area contributed by atoms with Gasteiger partial charge in [0.1, 0.15) is 0 Å². The molecule has 1 aromatic heterocycles. The van der Waals surface area contributed by atoms with Crippen molar-refractivity contribution in [3.63, 3.8) is 0 Å². The third kappa shape index (κ3) is 3.64. The van der Waals surface area contributed by atoms with E-state index in [2.05, 4.69) is 4.98 Å². The van der Waals surface area contributed by atoms with Crippen molar-refractivity contribution in [2.75, 3.05) is 6.61 Å². The first-order chi connectivity index (χ1) is 10.4. The molecule has 1 aromatic rings. The maximum Gasteiger partial charge on any atom is 0.306 e. The molecule has 0 saturated heterocycles. The number of hydrogen-bond acceptors (Lipinski definition) is 4. The lowest BCUT2D eigenvalue weighted by molar-refractivity contribution is -0.143. The number of Topliss-reactive ketones (excluding diaryl/α,β-unsaturated/α-hetero) is 2. The van der Waals surface area contributed by atoms with Gasteiger partial charge in [-0.1, -0.05) is 12.8 Å². The van der Waals surface area contributed by atoms with Crippen molar-refractivity contribution in [2.45, 2.75) is 52.9 Å². The Labute approximate surface area is 130 Å². The molecule has 0 bridgehead atoms. The van der Waals surface area contributed by atoms with Gasteiger partial charge in [0.05, 0.1) is 5.69 Å². The number of carbonyl (C=O) groups excluding carboxylic acids is 3. The molecule has 1 aliphatic rings. The lowest BCUT2D eigenvalue weighted by Gasteiger charge is -2.08. The van der Waals surface area contributed by atoms with Crippen molar-refractivity contribution in [1.82, 2.24) is 4.98 Å². The van der Waals surface area contributed by atoms with Crippen molar-refractivity contribution < 1.29 is 19.1 Å². The molecule has 0 spiro atoms. The first-order valence-electron chi connectivity index (χ1n) is 7.79. The molecular formula is C17H23NO4. The Hall–Kier alpha value is -1.91. The normalized spacial score (nSPS) is 15.0. The number of ether oxygens (including phenoxy) is 1. The van der Waals surface area contributed by atoms with E-state index in [4.69, 9.17) is 4.74 Å². The third-order valence-electron chi connectivity index (χ3n) is 4.36. The summed E-state index contributed by atoms with van der Waals surface area (Å²) in [4.78, 5) is 38.4. The zero-order valence-electron chi connectivity index (χ0n) is 13.5. The highest BCUT2D eigenvalue weighted by Crippen LogP contribution is 2.27. The van der Waals surface area contributed by atoms with E-state index in [-0.39, 0.29) is 24.1 Å². The van der Waals surface area contributed by atoms with Crippen LogP contribution in [0.25, 0.3) is 0 Å². The molecule has 1 aliphatic carbocycles. The van der Waals surface area contributed by atoms with Gasteiger partial charge in [0.15, 0.2) is 12.4 Å². The van der Waals surface area contributed by atoms with Crippen LogP contribution in [0.15, 0.2) is 0 Å². The van der Waals surface area contributed by atoms with Crippen molar-refractivity contribution in [3.05, 3.63) is 22.5 Å². The van der Waals surface area contributed by atoms with Crippen molar-refractivity contribution in [1.29, 1.82) is 0 Å². The highest BCUT2D eigenvalue weighted by molar-refractivity contribution is 6.04. The average Bonchev–Trinajstić information content (AvgIpc) is 3.04. The molecule has 0 aliphatic heterocycles. The van der Waals surface area contributed by atoms with Gasteiger partial charge in [0, 0.05) is 17.7 Å². The van der Waals surface area contributed by atoms with Crippen LogP contribution in [0.3, 0.4) is 0 Å². The molecule has 1 N–H and O–H groups in total. The molecule has 1 heterocycles. The maximum atomic E-state index is 12.2. The minimum Gasteiger partial charge on any atom is -0.457 e. The average molecular weight is 305 g/mol. The standard InChI is InChI=1S/C17H23NO4/c1-10-16(12(3)19)11(2)18-17(10)14(20)9-22-15(21)8-13-6-4-5-7-13/h13,18H,4-9H2,1-3H3. The maximum absolute atomic E-state index is 12.2. The van der Waals surface area contributed by atoms with Gasteiger partial charge in [-0.05, 0) is 45.1 Å². The fraction of sp³-hybridized carbons (Fsp3) is 0.588. The van der Waals surface area contributed by atoms with Crippen molar-refractivity contribution in [3.8, 4) is 0 Å². The first kappa shape index (κ1) is 16.5. The van der Waals surface area contributed by atoms with Gasteiger partial charge in [-0.25, -0.2) is 0 Å². The predicted octanol–water partition coefficient (Wildman–Crippen LogP) is 3.14. The zero-order valence-corrected chi connectivity index (χ0v) is 13.5. The zero-order chi connectivity index (χ0) is 16.3. The second kappa shape index (κ2) is 6.90. The van der Waals surface area contributed by atoms with Crippen LogP contribution in [0, 0.1) is 19.8 Å². The van der Waals surface area contributed by atoms with E-state index >= 15 is 0 Å². The van der Waals surface area contributed by atoms with Crippen LogP contribution >= 0.6 is 0 Å². The molecule has 120 valence electrons.